The van der Waals surface area contributed by atoms with Crippen LogP contribution in [-0.4, -0.2) is 30.9 Å². The first-order chi connectivity index (χ1) is 15.5. The summed E-state index contributed by atoms with van der Waals surface area (Å²) in [5.41, 5.74) is 2.73. The van der Waals surface area contributed by atoms with Crippen LogP contribution < -0.4 is 14.8 Å². The number of anilines is 1. The van der Waals surface area contributed by atoms with Gasteiger partial charge in [0.1, 0.15) is 17.3 Å². The van der Waals surface area contributed by atoms with Crippen LogP contribution in [0.15, 0.2) is 66.7 Å². The summed E-state index contributed by atoms with van der Waals surface area (Å²) in [6, 6.07) is 17.8. The summed E-state index contributed by atoms with van der Waals surface area (Å²) in [7, 11) is 3.06. The van der Waals surface area contributed by atoms with E-state index in [1.54, 1.807) is 41.3 Å². The number of nitrogens with zero attached hydrogens (tertiary/aromatic N) is 1. The molecule has 2 amide bonds. The standard InChI is InChI=1S/C25H23FN2O4/c1-31-20-11-19(12-21(13-20)32-2)27-24(29)14-23(16-7-9-18(26)10-8-16)28-15-17-5-3-4-6-22(17)25(28)30/h3-13,23H,14-15H2,1-2H3,(H,27,29)/t23-/m1/s1. The number of hydrogen-bond acceptors (Lipinski definition) is 4. The molecule has 1 atom stereocenters. The normalized spacial score (nSPS) is 13.5. The average Bonchev–Trinajstić information content (AvgIpc) is 3.14. The number of carbonyl (C=O) groups is 2. The molecule has 0 spiro atoms. The average molecular weight is 434 g/mol. The maximum atomic E-state index is 13.5. The van der Waals surface area contributed by atoms with Crippen LogP contribution in [0.4, 0.5) is 10.1 Å². The molecule has 0 aliphatic carbocycles. The van der Waals surface area contributed by atoms with Gasteiger partial charge in [0.05, 0.1) is 26.7 Å². The van der Waals surface area contributed by atoms with Crippen molar-refractivity contribution in [3.05, 3.63) is 89.2 Å². The Hall–Kier alpha value is -3.87. The first kappa shape index (κ1) is 21.4. The molecule has 1 aliphatic heterocycles. The molecule has 0 bridgehead atoms. The van der Waals surface area contributed by atoms with Gasteiger partial charge in [0.15, 0.2) is 0 Å². The second-order valence-electron chi connectivity index (χ2n) is 7.51. The number of nitrogens with one attached hydrogen (secondary N) is 1. The van der Waals surface area contributed by atoms with Gasteiger partial charge in [-0.25, -0.2) is 4.39 Å². The number of ether oxygens (including phenoxy) is 2. The molecule has 1 aliphatic rings. The van der Waals surface area contributed by atoms with E-state index in [0.29, 0.717) is 34.9 Å². The fourth-order valence-corrected chi connectivity index (χ4v) is 3.89. The Kier molecular flexibility index (Phi) is 6.07. The largest absolute Gasteiger partial charge is 0.497 e. The maximum absolute atomic E-state index is 13.5. The van der Waals surface area contributed by atoms with Crippen molar-refractivity contribution in [3.8, 4) is 11.5 Å². The quantitative estimate of drug-likeness (QED) is 0.592. The molecule has 164 valence electrons. The fourth-order valence-electron chi connectivity index (χ4n) is 3.89. The minimum atomic E-state index is -0.553. The number of halogens is 1. The lowest BCUT2D eigenvalue weighted by Gasteiger charge is -2.28. The van der Waals surface area contributed by atoms with Gasteiger partial charge in [-0.15, -0.1) is 0 Å². The maximum Gasteiger partial charge on any atom is 0.255 e. The number of methoxy groups -OCH3 is 2. The van der Waals surface area contributed by atoms with Crippen molar-refractivity contribution >= 4 is 17.5 Å². The van der Waals surface area contributed by atoms with Crippen molar-refractivity contribution in [3.63, 3.8) is 0 Å². The Bertz CT molecular complexity index is 1120. The van der Waals surface area contributed by atoms with Crippen LogP contribution in [0.25, 0.3) is 0 Å². The molecule has 0 saturated heterocycles. The van der Waals surface area contributed by atoms with E-state index in [4.69, 9.17) is 9.47 Å². The second-order valence-corrected chi connectivity index (χ2v) is 7.51. The number of rotatable bonds is 7. The van der Waals surface area contributed by atoms with Crippen LogP contribution >= 0.6 is 0 Å². The summed E-state index contributed by atoms with van der Waals surface area (Å²) >= 11 is 0. The highest BCUT2D eigenvalue weighted by Crippen LogP contribution is 2.34. The molecule has 0 radical (unpaired) electrons. The smallest absolute Gasteiger partial charge is 0.255 e. The molecule has 0 unspecified atom stereocenters. The molecule has 6 nitrogen and oxygen atoms in total. The number of carbonyl (C=O) groups excluding carboxylic acids is 2. The van der Waals surface area contributed by atoms with Crippen LogP contribution in [0.2, 0.25) is 0 Å². The Morgan fingerprint density at radius 3 is 2.31 bits per heavy atom. The van der Waals surface area contributed by atoms with Crippen LogP contribution in [0.5, 0.6) is 11.5 Å². The lowest BCUT2D eigenvalue weighted by molar-refractivity contribution is -0.117. The SMILES string of the molecule is COc1cc(NC(=O)C[C@H](c2ccc(F)cc2)N2Cc3ccccc3C2=O)cc(OC)c1. The summed E-state index contributed by atoms with van der Waals surface area (Å²) in [4.78, 5) is 27.7. The van der Waals surface area contributed by atoms with Crippen LogP contribution in [-0.2, 0) is 11.3 Å². The van der Waals surface area contributed by atoms with Crippen LogP contribution in [0.1, 0.15) is 33.9 Å². The zero-order chi connectivity index (χ0) is 22.7. The molecule has 4 rings (SSSR count). The van der Waals surface area contributed by atoms with Crippen molar-refractivity contribution < 1.29 is 23.5 Å². The van der Waals surface area contributed by atoms with Gasteiger partial charge in [-0.3, -0.25) is 9.59 Å². The number of benzene rings is 3. The van der Waals surface area contributed by atoms with Gasteiger partial charge in [0, 0.05) is 36.0 Å². The van der Waals surface area contributed by atoms with E-state index in [-0.39, 0.29) is 24.1 Å². The van der Waals surface area contributed by atoms with Gasteiger partial charge >= 0.3 is 0 Å². The van der Waals surface area contributed by atoms with Crippen LogP contribution in [0, 0.1) is 5.82 Å². The van der Waals surface area contributed by atoms with Gasteiger partial charge in [-0.2, -0.15) is 0 Å². The minimum absolute atomic E-state index is 0.00485. The van der Waals surface area contributed by atoms with E-state index in [1.807, 2.05) is 18.2 Å². The Morgan fingerprint density at radius 1 is 1.03 bits per heavy atom. The topological polar surface area (TPSA) is 67.9 Å². The number of fused-ring (bicyclic) bond motifs is 1. The molecular weight excluding hydrogens is 411 g/mol. The lowest BCUT2D eigenvalue weighted by Crippen LogP contribution is -2.32. The summed E-state index contributed by atoms with van der Waals surface area (Å²) in [5.74, 6) is 0.264. The van der Waals surface area contributed by atoms with Crippen molar-refractivity contribution in [2.24, 2.45) is 0 Å². The van der Waals surface area contributed by atoms with E-state index in [0.717, 1.165) is 5.56 Å². The summed E-state index contributed by atoms with van der Waals surface area (Å²) in [5, 5.41) is 2.85. The minimum Gasteiger partial charge on any atom is -0.497 e. The third-order valence-electron chi connectivity index (χ3n) is 5.49. The van der Waals surface area contributed by atoms with Crippen molar-refractivity contribution in [1.29, 1.82) is 0 Å². The van der Waals surface area contributed by atoms with Crippen LogP contribution in [0.3, 0.4) is 0 Å². The molecule has 0 saturated carbocycles. The predicted octanol–water partition coefficient (Wildman–Crippen LogP) is 4.57. The van der Waals surface area contributed by atoms with Crippen molar-refractivity contribution in [2.75, 3.05) is 19.5 Å². The Labute approximate surface area is 185 Å². The van der Waals surface area contributed by atoms with Gasteiger partial charge < -0.3 is 19.7 Å². The monoisotopic (exact) mass is 434 g/mol. The highest BCUT2D eigenvalue weighted by Gasteiger charge is 2.34. The Balaban J connectivity index is 1.60. The van der Waals surface area contributed by atoms with Crippen molar-refractivity contribution in [2.45, 2.75) is 19.0 Å². The van der Waals surface area contributed by atoms with Gasteiger partial charge in [0.25, 0.3) is 5.91 Å². The Morgan fingerprint density at radius 2 is 1.69 bits per heavy atom. The van der Waals surface area contributed by atoms with E-state index >= 15 is 0 Å². The third kappa shape index (κ3) is 4.42. The zero-order valence-corrected chi connectivity index (χ0v) is 17.8. The molecule has 0 fully saturated rings. The highest BCUT2D eigenvalue weighted by atomic mass is 19.1. The van der Waals surface area contributed by atoms with E-state index in [1.165, 1.54) is 26.4 Å². The third-order valence-corrected chi connectivity index (χ3v) is 5.49. The molecule has 1 N–H and O–H groups in total. The predicted molar refractivity (Wildman–Crippen MR) is 118 cm³/mol. The highest BCUT2D eigenvalue weighted by molar-refractivity contribution is 5.99. The molecule has 3 aromatic rings. The number of hydrogen-bond donors (Lipinski definition) is 1. The van der Waals surface area contributed by atoms with Crippen molar-refractivity contribution in [1.82, 2.24) is 4.90 Å². The second kappa shape index (κ2) is 9.09. The fraction of sp³-hybridized carbons (Fsp3) is 0.200. The van der Waals surface area contributed by atoms with Gasteiger partial charge in [-0.05, 0) is 29.3 Å². The zero-order valence-electron chi connectivity index (χ0n) is 17.8. The van der Waals surface area contributed by atoms with E-state index in [2.05, 4.69) is 5.32 Å². The molecule has 7 heteroatoms. The van der Waals surface area contributed by atoms with Gasteiger partial charge in [-0.1, -0.05) is 30.3 Å². The molecule has 0 aromatic heterocycles. The molecular formula is C25H23FN2O4. The van der Waals surface area contributed by atoms with Gasteiger partial charge in [0.2, 0.25) is 5.91 Å². The first-order valence-electron chi connectivity index (χ1n) is 10.2. The molecule has 32 heavy (non-hydrogen) atoms. The van der Waals surface area contributed by atoms with E-state index < -0.39 is 6.04 Å². The number of amides is 2. The molecule has 3 aromatic carbocycles. The summed E-state index contributed by atoms with van der Waals surface area (Å²) in [6.07, 6.45) is 0.00485. The lowest BCUT2D eigenvalue weighted by atomic mass is 10.0. The first-order valence-corrected chi connectivity index (χ1v) is 10.2. The summed E-state index contributed by atoms with van der Waals surface area (Å²) < 4.78 is 24.0. The molecule has 1 heterocycles. The summed E-state index contributed by atoms with van der Waals surface area (Å²) in [6.45, 7) is 0.386. The van der Waals surface area contributed by atoms with E-state index in [9.17, 15) is 14.0 Å².